The summed E-state index contributed by atoms with van der Waals surface area (Å²) in [6.07, 6.45) is 5.03. The first kappa shape index (κ1) is 9.51. The van der Waals surface area contributed by atoms with Crippen LogP contribution >= 0.6 is 0 Å². The van der Waals surface area contributed by atoms with Gasteiger partial charge in [-0.2, -0.15) is 0 Å². The molecule has 2 atom stereocenters. The van der Waals surface area contributed by atoms with E-state index in [0.717, 1.165) is 5.92 Å². The van der Waals surface area contributed by atoms with Gasteiger partial charge in [-0.3, -0.25) is 0 Å². The fraction of sp³-hybridized carbons (Fsp3) is 0.429. The molecule has 0 aromatic heterocycles. The van der Waals surface area contributed by atoms with Gasteiger partial charge in [0.2, 0.25) is 0 Å². The third kappa shape index (κ3) is 2.06. The largest absolute Gasteiger partial charge is 0.0781 e. The minimum atomic E-state index is 0.653. The number of benzene rings is 1. The molecule has 0 N–H and O–H groups in total. The molecule has 1 aliphatic carbocycles. The van der Waals surface area contributed by atoms with Crippen LogP contribution in [0.15, 0.2) is 42.0 Å². The molecule has 0 fully saturated rings. The summed E-state index contributed by atoms with van der Waals surface area (Å²) in [6.45, 7) is 4.61. The summed E-state index contributed by atoms with van der Waals surface area (Å²) in [6, 6.07) is 10.8. The van der Waals surface area contributed by atoms with E-state index in [1.807, 2.05) is 0 Å². The quantitative estimate of drug-likeness (QED) is 0.578. The molecule has 0 saturated heterocycles. The monoisotopic (exact) mass is 186 g/mol. The van der Waals surface area contributed by atoms with Gasteiger partial charge in [0.1, 0.15) is 0 Å². The Morgan fingerprint density at radius 3 is 2.50 bits per heavy atom. The Kier molecular flexibility index (Phi) is 2.72. The highest BCUT2D eigenvalue weighted by Gasteiger charge is 2.18. The van der Waals surface area contributed by atoms with Crippen LogP contribution in [0.3, 0.4) is 0 Å². The zero-order valence-electron chi connectivity index (χ0n) is 9.03. The van der Waals surface area contributed by atoms with Crippen molar-refractivity contribution in [1.82, 2.24) is 0 Å². The van der Waals surface area contributed by atoms with E-state index >= 15 is 0 Å². The Hall–Kier alpha value is -1.04. The van der Waals surface area contributed by atoms with Gasteiger partial charge in [-0.1, -0.05) is 48.9 Å². The molecule has 0 spiro atoms. The van der Waals surface area contributed by atoms with Crippen LogP contribution in [0.4, 0.5) is 0 Å². The minimum absolute atomic E-state index is 0.653. The predicted octanol–water partition coefficient (Wildman–Crippen LogP) is 4.15. The summed E-state index contributed by atoms with van der Waals surface area (Å²) >= 11 is 0. The Balaban J connectivity index is 2.23. The molecule has 0 saturated carbocycles. The summed E-state index contributed by atoms with van der Waals surface area (Å²) in [7, 11) is 0. The van der Waals surface area contributed by atoms with Crippen LogP contribution in [0, 0.1) is 5.92 Å². The number of rotatable bonds is 1. The van der Waals surface area contributed by atoms with Gasteiger partial charge in [0, 0.05) is 5.92 Å². The van der Waals surface area contributed by atoms with Gasteiger partial charge >= 0.3 is 0 Å². The first-order chi connectivity index (χ1) is 6.75. The number of allylic oxidation sites excluding steroid dienone is 2. The van der Waals surface area contributed by atoms with Crippen LogP contribution in [0.25, 0.3) is 0 Å². The van der Waals surface area contributed by atoms with Crippen molar-refractivity contribution >= 4 is 0 Å². The number of hydrogen-bond donors (Lipinski definition) is 0. The van der Waals surface area contributed by atoms with E-state index in [9.17, 15) is 0 Å². The Labute approximate surface area is 86.7 Å². The van der Waals surface area contributed by atoms with Gasteiger partial charge in [-0.25, -0.2) is 0 Å². The Bertz CT molecular complexity index is 321. The third-order valence-corrected chi connectivity index (χ3v) is 3.04. The van der Waals surface area contributed by atoms with Crippen molar-refractivity contribution < 1.29 is 0 Å². The molecule has 0 bridgehead atoms. The molecule has 0 amide bonds. The van der Waals surface area contributed by atoms with Crippen molar-refractivity contribution in [3.8, 4) is 0 Å². The summed E-state index contributed by atoms with van der Waals surface area (Å²) in [5, 5.41) is 0. The highest BCUT2D eigenvalue weighted by atomic mass is 14.2. The zero-order chi connectivity index (χ0) is 9.97. The van der Waals surface area contributed by atoms with E-state index in [-0.39, 0.29) is 0 Å². The van der Waals surface area contributed by atoms with Gasteiger partial charge < -0.3 is 0 Å². The lowest BCUT2D eigenvalue weighted by molar-refractivity contribution is 0.474. The second-order valence-corrected chi connectivity index (χ2v) is 4.58. The summed E-state index contributed by atoms with van der Waals surface area (Å²) < 4.78 is 0. The highest BCUT2D eigenvalue weighted by molar-refractivity contribution is 5.27. The molecule has 0 heterocycles. The van der Waals surface area contributed by atoms with E-state index in [4.69, 9.17) is 0 Å². The summed E-state index contributed by atoms with van der Waals surface area (Å²) in [5.41, 5.74) is 3.02. The SMILES string of the molecule is CC1=CC(c2ccccc2)CC(C)C1. The van der Waals surface area contributed by atoms with E-state index in [1.165, 1.54) is 18.4 Å². The van der Waals surface area contributed by atoms with Crippen molar-refractivity contribution in [2.24, 2.45) is 5.92 Å². The van der Waals surface area contributed by atoms with E-state index < -0.39 is 0 Å². The maximum atomic E-state index is 2.44. The molecule has 1 aromatic carbocycles. The molecule has 14 heavy (non-hydrogen) atoms. The Morgan fingerprint density at radius 1 is 1.14 bits per heavy atom. The fourth-order valence-electron chi connectivity index (χ4n) is 2.48. The van der Waals surface area contributed by atoms with Crippen molar-refractivity contribution in [2.45, 2.75) is 32.6 Å². The van der Waals surface area contributed by atoms with E-state index in [1.54, 1.807) is 5.57 Å². The molecule has 0 heteroatoms. The van der Waals surface area contributed by atoms with Crippen molar-refractivity contribution in [3.05, 3.63) is 47.5 Å². The molecule has 0 aliphatic heterocycles. The average molecular weight is 186 g/mol. The van der Waals surface area contributed by atoms with Crippen LogP contribution in [0.1, 0.15) is 38.2 Å². The molecular weight excluding hydrogens is 168 g/mol. The molecule has 1 aromatic rings. The lowest BCUT2D eigenvalue weighted by atomic mass is 9.80. The normalized spacial score (nSPS) is 27.1. The van der Waals surface area contributed by atoms with Gasteiger partial charge in [0.05, 0.1) is 0 Å². The van der Waals surface area contributed by atoms with E-state index in [0.29, 0.717) is 5.92 Å². The molecule has 2 rings (SSSR count). The lowest BCUT2D eigenvalue weighted by Crippen LogP contribution is -2.09. The smallest absolute Gasteiger partial charge is 0.00231 e. The van der Waals surface area contributed by atoms with Crippen LogP contribution in [-0.2, 0) is 0 Å². The van der Waals surface area contributed by atoms with Crippen molar-refractivity contribution in [1.29, 1.82) is 0 Å². The predicted molar refractivity (Wildman–Crippen MR) is 61.3 cm³/mol. The van der Waals surface area contributed by atoms with Crippen LogP contribution in [-0.4, -0.2) is 0 Å². The molecule has 0 radical (unpaired) electrons. The minimum Gasteiger partial charge on any atom is -0.0781 e. The highest BCUT2D eigenvalue weighted by Crippen LogP contribution is 2.34. The zero-order valence-corrected chi connectivity index (χ0v) is 9.03. The third-order valence-electron chi connectivity index (χ3n) is 3.04. The molecule has 74 valence electrons. The summed E-state index contributed by atoms with van der Waals surface area (Å²) in [4.78, 5) is 0. The van der Waals surface area contributed by atoms with Gasteiger partial charge in [-0.15, -0.1) is 0 Å². The standard InChI is InChI=1S/C14H18/c1-11-8-12(2)10-14(9-11)13-6-4-3-5-7-13/h3-7,9,12,14H,8,10H2,1-2H3. The molecule has 0 nitrogen and oxygen atoms in total. The first-order valence-corrected chi connectivity index (χ1v) is 5.48. The van der Waals surface area contributed by atoms with Gasteiger partial charge in [-0.05, 0) is 31.2 Å². The summed E-state index contributed by atoms with van der Waals surface area (Å²) in [5.74, 6) is 1.49. The average Bonchev–Trinajstić information content (AvgIpc) is 2.18. The lowest BCUT2D eigenvalue weighted by Gasteiger charge is -2.25. The van der Waals surface area contributed by atoms with Crippen LogP contribution < -0.4 is 0 Å². The topological polar surface area (TPSA) is 0 Å². The molecule has 1 aliphatic rings. The van der Waals surface area contributed by atoms with Crippen molar-refractivity contribution in [3.63, 3.8) is 0 Å². The van der Waals surface area contributed by atoms with Crippen molar-refractivity contribution in [2.75, 3.05) is 0 Å². The second-order valence-electron chi connectivity index (χ2n) is 4.58. The maximum Gasteiger partial charge on any atom is 0.00231 e. The first-order valence-electron chi connectivity index (χ1n) is 5.48. The van der Waals surface area contributed by atoms with Crippen LogP contribution in [0.2, 0.25) is 0 Å². The van der Waals surface area contributed by atoms with Gasteiger partial charge in [0.25, 0.3) is 0 Å². The van der Waals surface area contributed by atoms with Crippen LogP contribution in [0.5, 0.6) is 0 Å². The fourth-order valence-corrected chi connectivity index (χ4v) is 2.48. The second kappa shape index (κ2) is 4.00. The van der Waals surface area contributed by atoms with Gasteiger partial charge in [0.15, 0.2) is 0 Å². The maximum absolute atomic E-state index is 2.44. The number of hydrogen-bond acceptors (Lipinski definition) is 0. The molecule has 2 unspecified atom stereocenters. The Morgan fingerprint density at radius 2 is 1.86 bits per heavy atom. The van der Waals surface area contributed by atoms with E-state index in [2.05, 4.69) is 50.3 Å². The molecular formula is C14H18.